The lowest BCUT2D eigenvalue weighted by Crippen LogP contribution is -2.03. The van der Waals surface area contributed by atoms with Gasteiger partial charge in [0, 0.05) is 16.8 Å². The number of carbonyl (C=O) groups excluding carboxylic acids is 1. The smallest absolute Gasteiger partial charge is 0.193 e. The molecule has 102 valence electrons. The molecule has 1 aliphatic carbocycles. The second-order valence-electron chi connectivity index (χ2n) is 5.56. The van der Waals surface area contributed by atoms with Gasteiger partial charge in [-0.1, -0.05) is 30.3 Å². The van der Waals surface area contributed by atoms with Gasteiger partial charge in [-0.3, -0.25) is 4.79 Å². The Morgan fingerprint density at radius 3 is 2.33 bits per heavy atom. The first-order chi connectivity index (χ1) is 10.2. The Morgan fingerprint density at radius 1 is 0.857 bits per heavy atom. The Hall–Kier alpha value is -2.61. The molecular weight excluding hydrogens is 258 g/mol. The summed E-state index contributed by atoms with van der Waals surface area (Å²) < 4.78 is 0. The molecule has 0 spiro atoms. The summed E-state index contributed by atoms with van der Waals surface area (Å²) in [5.41, 5.74) is 10.5. The van der Waals surface area contributed by atoms with Crippen LogP contribution in [0.25, 0.3) is 10.8 Å². The Labute approximate surface area is 123 Å². The van der Waals surface area contributed by atoms with Crippen molar-refractivity contribution >= 4 is 22.2 Å². The van der Waals surface area contributed by atoms with Crippen molar-refractivity contribution in [3.8, 4) is 0 Å². The topological polar surface area (TPSA) is 43.1 Å². The molecule has 0 unspecified atom stereocenters. The maximum absolute atomic E-state index is 12.8. The van der Waals surface area contributed by atoms with E-state index in [9.17, 15) is 4.79 Å². The number of hydrogen-bond acceptors (Lipinski definition) is 2. The third kappa shape index (κ3) is 1.83. The number of benzene rings is 3. The second-order valence-corrected chi connectivity index (χ2v) is 5.56. The van der Waals surface area contributed by atoms with Gasteiger partial charge in [-0.25, -0.2) is 0 Å². The van der Waals surface area contributed by atoms with E-state index >= 15 is 0 Å². The van der Waals surface area contributed by atoms with Crippen LogP contribution in [-0.2, 0) is 12.8 Å². The van der Waals surface area contributed by atoms with E-state index in [2.05, 4.69) is 18.2 Å². The van der Waals surface area contributed by atoms with Crippen LogP contribution in [0.15, 0.2) is 54.6 Å². The van der Waals surface area contributed by atoms with E-state index in [-0.39, 0.29) is 5.78 Å². The normalized spacial score (nSPS) is 12.8. The van der Waals surface area contributed by atoms with Crippen LogP contribution in [0.1, 0.15) is 27.0 Å². The minimum Gasteiger partial charge on any atom is -0.399 e. The van der Waals surface area contributed by atoms with Gasteiger partial charge < -0.3 is 5.73 Å². The van der Waals surface area contributed by atoms with Gasteiger partial charge in [0.2, 0.25) is 0 Å². The van der Waals surface area contributed by atoms with E-state index in [1.807, 2.05) is 12.1 Å². The standard InChI is InChI=1S/C19H15NO/c20-15-9-6-14(7-10-15)19(21)17-11-8-13-5-4-12-2-1-3-16(17)18(12)13/h1-3,6-11H,4-5,20H2. The van der Waals surface area contributed by atoms with E-state index in [0.29, 0.717) is 11.3 Å². The van der Waals surface area contributed by atoms with Gasteiger partial charge in [-0.05, 0) is 59.0 Å². The van der Waals surface area contributed by atoms with E-state index < -0.39 is 0 Å². The summed E-state index contributed by atoms with van der Waals surface area (Å²) in [5.74, 6) is 0.0607. The fourth-order valence-corrected chi connectivity index (χ4v) is 3.23. The monoisotopic (exact) mass is 273 g/mol. The highest BCUT2D eigenvalue weighted by Gasteiger charge is 2.19. The van der Waals surface area contributed by atoms with E-state index in [4.69, 9.17) is 5.73 Å². The molecule has 0 heterocycles. The largest absolute Gasteiger partial charge is 0.399 e. The highest BCUT2D eigenvalue weighted by atomic mass is 16.1. The molecule has 0 aliphatic heterocycles. The molecule has 0 saturated carbocycles. The molecule has 2 N–H and O–H groups in total. The van der Waals surface area contributed by atoms with Gasteiger partial charge in [0.25, 0.3) is 0 Å². The van der Waals surface area contributed by atoms with Gasteiger partial charge in [-0.15, -0.1) is 0 Å². The molecule has 0 aromatic heterocycles. The lowest BCUT2D eigenvalue weighted by Gasteiger charge is -2.08. The molecule has 0 radical (unpaired) electrons. The van der Waals surface area contributed by atoms with Crippen LogP contribution in [0.3, 0.4) is 0 Å². The van der Waals surface area contributed by atoms with Gasteiger partial charge in [0.15, 0.2) is 5.78 Å². The molecule has 4 rings (SSSR count). The highest BCUT2D eigenvalue weighted by Crippen LogP contribution is 2.33. The van der Waals surface area contributed by atoms with Crippen molar-refractivity contribution in [1.29, 1.82) is 0 Å². The zero-order valence-corrected chi connectivity index (χ0v) is 11.6. The van der Waals surface area contributed by atoms with Crippen molar-refractivity contribution in [3.63, 3.8) is 0 Å². The lowest BCUT2D eigenvalue weighted by molar-refractivity contribution is 0.104. The predicted octanol–water partition coefficient (Wildman–Crippen LogP) is 3.75. The van der Waals surface area contributed by atoms with Crippen molar-refractivity contribution in [2.45, 2.75) is 12.8 Å². The number of rotatable bonds is 2. The highest BCUT2D eigenvalue weighted by molar-refractivity contribution is 6.17. The van der Waals surface area contributed by atoms with Crippen LogP contribution in [0, 0.1) is 0 Å². The molecule has 21 heavy (non-hydrogen) atoms. The van der Waals surface area contributed by atoms with Crippen LogP contribution < -0.4 is 5.73 Å². The number of nitrogen functional groups attached to an aromatic ring is 1. The quantitative estimate of drug-likeness (QED) is 0.571. The Balaban J connectivity index is 1.92. The first-order valence-corrected chi connectivity index (χ1v) is 7.18. The van der Waals surface area contributed by atoms with E-state index in [1.165, 1.54) is 16.5 Å². The number of aryl methyl sites for hydroxylation is 2. The van der Waals surface area contributed by atoms with Gasteiger partial charge in [-0.2, -0.15) is 0 Å². The summed E-state index contributed by atoms with van der Waals surface area (Å²) in [4.78, 5) is 12.8. The SMILES string of the molecule is Nc1ccc(C(=O)c2ccc3c4c(cccc24)CC3)cc1. The van der Waals surface area contributed by atoms with Crippen LogP contribution >= 0.6 is 0 Å². The molecule has 1 aliphatic rings. The summed E-state index contributed by atoms with van der Waals surface area (Å²) in [6, 6.07) is 17.5. The van der Waals surface area contributed by atoms with Crippen LogP contribution in [0.2, 0.25) is 0 Å². The molecule has 2 heteroatoms. The molecule has 0 fully saturated rings. The number of carbonyl (C=O) groups is 1. The second kappa shape index (κ2) is 4.45. The van der Waals surface area contributed by atoms with Crippen molar-refractivity contribution in [1.82, 2.24) is 0 Å². The maximum Gasteiger partial charge on any atom is 0.193 e. The fraction of sp³-hybridized carbons (Fsp3) is 0.105. The average molecular weight is 273 g/mol. The fourth-order valence-electron chi connectivity index (χ4n) is 3.23. The first kappa shape index (κ1) is 12.2. The third-order valence-electron chi connectivity index (χ3n) is 4.29. The van der Waals surface area contributed by atoms with Crippen molar-refractivity contribution < 1.29 is 4.79 Å². The molecule has 0 saturated heterocycles. The van der Waals surface area contributed by atoms with Crippen molar-refractivity contribution in [2.75, 3.05) is 5.73 Å². The van der Waals surface area contributed by atoms with Crippen molar-refractivity contribution in [2.24, 2.45) is 0 Å². The van der Waals surface area contributed by atoms with Gasteiger partial charge >= 0.3 is 0 Å². The lowest BCUT2D eigenvalue weighted by atomic mass is 9.94. The van der Waals surface area contributed by atoms with Crippen molar-refractivity contribution in [3.05, 3.63) is 76.9 Å². The predicted molar refractivity (Wildman–Crippen MR) is 85.6 cm³/mol. The third-order valence-corrected chi connectivity index (χ3v) is 4.29. The summed E-state index contributed by atoms with van der Waals surface area (Å²) in [6.45, 7) is 0. The van der Waals surface area contributed by atoms with Crippen LogP contribution in [-0.4, -0.2) is 5.78 Å². The van der Waals surface area contributed by atoms with Gasteiger partial charge in [0.1, 0.15) is 0 Å². The molecule has 3 aromatic carbocycles. The minimum atomic E-state index is 0.0607. The molecule has 0 bridgehead atoms. The molecule has 0 atom stereocenters. The number of hydrogen-bond donors (Lipinski definition) is 1. The molecule has 0 amide bonds. The Kier molecular flexibility index (Phi) is 2.58. The first-order valence-electron chi connectivity index (χ1n) is 7.18. The summed E-state index contributed by atoms with van der Waals surface area (Å²) >= 11 is 0. The Morgan fingerprint density at radius 2 is 1.57 bits per heavy atom. The summed E-state index contributed by atoms with van der Waals surface area (Å²) in [6.07, 6.45) is 2.15. The summed E-state index contributed by atoms with van der Waals surface area (Å²) in [5, 5.41) is 2.35. The average Bonchev–Trinajstić information content (AvgIpc) is 2.93. The number of nitrogens with two attached hydrogens (primary N) is 1. The Bertz CT molecular complexity index is 852. The van der Waals surface area contributed by atoms with Gasteiger partial charge in [0.05, 0.1) is 0 Å². The zero-order chi connectivity index (χ0) is 14.4. The van der Waals surface area contributed by atoms with E-state index in [0.717, 1.165) is 23.8 Å². The molecular formula is C19H15NO. The zero-order valence-electron chi connectivity index (χ0n) is 11.6. The number of anilines is 1. The number of ketones is 1. The van der Waals surface area contributed by atoms with Crippen LogP contribution in [0.4, 0.5) is 5.69 Å². The maximum atomic E-state index is 12.8. The van der Waals surface area contributed by atoms with Crippen LogP contribution in [0.5, 0.6) is 0 Å². The molecule has 3 aromatic rings. The summed E-state index contributed by atoms with van der Waals surface area (Å²) in [7, 11) is 0. The van der Waals surface area contributed by atoms with E-state index in [1.54, 1.807) is 24.3 Å². The molecule has 2 nitrogen and oxygen atoms in total. The minimum absolute atomic E-state index is 0.0607.